The lowest BCUT2D eigenvalue weighted by molar-refractivity contribution is -0.151. The second-order valence-corrected chi connectivity index (χ2v) is 6.03. The number of aliphatic hydroxyl groups is 2. The van der Waals surface area contributed by atoms with Crippen LogP contribution in [0.1, 0.15) is 6.42 Å². The van der Waals surface area contributed by atoms with Crippen LogP contribution >= 0.6 is 0 Å². The van der Waals surface area contributed by atoms with E-state index in [0.29, 0.717) is 0 Å². The van der Waals surface area contributed by atoms with Crippen LogP contribution in [-0.4, -0.2) is 62.5 Å². The van der Waals surface area contributed by atoms with Crippen molar-refractivity contribution in [2.45, 2.75) is 6.42 Å². The molecule has 4 atom stereocenters. The van der Waals surface area contributed by atoms with Gasteiger partial charge in [-0.25, -0.2) is 9.59 Å². The lowest BCUT2D eigenvalue weighted by Gasteiger charge is -2.42. The van der Waals surface area contributed by atoms with Crippen molar-refractivity contribution < 1.29 is 48.3 Å². The Labute approximate surface area is 154 Å². The van der Waals surface area contributed by atoms with Crippen molar-refractivity contribution in [1.29, 1.82) is 0 Å². The third kappa shape index (κ3) is 3.11. The van der Waals surface area contributed by atoms with Crippen LogP contribution in [0, 0.1) is 23.7 Å². The van der Waals surface area contributed by atoms with Gasteiger partial charge in [-0.05, 0) is 6.42 Å². The highest BCUT2D eigenvalue weighted by molar-refractivity contribution is 5.97. The Bertz CT molecular complexity index is 685. The van der Waals surface area contributed by atoms with Crippen molar-refractivity contribution >= 4 is 23.9 Å². The predicted octanol–water partition coefficient (Wildman–Crippen LogP) is 0.185. The number of carbonyl (C=O) groups is 4. The van der Waals surface area contributed by atoms with Crippen LogP contribution in [0.4, 0.5) is 0 Å². The normalized spacial score (nSPS) is 27.0. The molecule has 148 valence electrons. The minimum atomic E-state index is -1.45. The first-order valence-corrected chi connectivity index (χ1v) is 7.93. The maximum atomic E-state index is 12.3. The van der Waals surface area contributed by atoms with E-state index in [-0.39, 0.29) is 17.6 Å². The van der Waals surface area contributed by atoms with Gasteiger partial charge in [0.2, 0.25) is 0 Å². The van der Waals surface area contributed by atoms with Crippen LogP contribution in [0.25, 0.3) is 0 Å². The summed E-state index contributed by atoms with van der Waals surface area (Å²) in [4.78, 5) is 49.0. The molecule has 0 saturated heterocycles. The summed E-state index contributed by atoms with van der Waals surface area (Å²) in [5, 5.41) is 21.3. The van der Waals surface area contributed by atoms with Crippen LogP contribution in [-0.2, 0) is 38.1 Å². The smallest absolute Gasteiger partial charge is 0.337 e. The third-order valence-electron chi connectivity index (χ3n) is 4.92. The van der Waals surface area contributed by atoms with E-state index >= 15 is 0 Å². The maximum Gasteiger partial charge on any atom is 0.337 e. The molecule has 2 N–H and O–H groups in total. The van der Waals surface area contributed by atoms with Gasteiger partial charge >= 0.3 is 23.9 Å². The molecule has 0 heterocycles. The van der Waals surface area contributed by atoms with Gasteiger partial charge in [-0.2, -0.15) is 0 Å². The molecular formula is C17H20O10. The van der Waals surface area contributed by atoms with Crippen molar-refractivity contribution in [2.75, 3.05) is 28.4 Å². The number of hydrogen-bond acceptors (Lipinski definition) is 10. The van der Waals surface area contributed by atoms with Gasteiger partial charge in [0, 0.05) is 11.8 Å². The molecule has 2 aliphatic rings. The molecule has 0 saturated carbocycles. The topological polar surface area (TPSA) is 146 Å². The SMILES string of the molecule is COC(=O)C1=C(O)C(C(=O)OC)C2CC1C(C(=O)OC)C(O)=C2C(=O)OC. The van der Waals surface area contributed by atoms with Crippen molar-refractivity contribution in [2.24, 2.45) is 23.7 Å². The van der Waals surface area contributed by atoms with Crippen LogP contribution in [0.15, 0.2) is 22.7 Å². The summed E-state index contributed by atoms with van der Waals surface area (Å²) in [6.07, 6.45) is -0.0947. The molecule has 0 aromatic rings. The number of ether oxygens (including phenoxy) is 4. The van der Waals surface area contributed by atoms with Gasteiger partial charge in [-0.15, -0.1) is 0 Å². The van der Waals surface area contributed by atoms with Crippen LogP contribution in [0.5, 0.6) is 0 Å². The van der Waals surface area contributed by atoms with E-state index in [1.165, 1.54) is 0 Å². The molecule has 4 unspecified atom stereocenters. The first-order valence-electron chi connectivity index (χ1n) is 7.93. The zero-order valence-electron chi connectivity index (χ0n) is 15.2. The molecule has 2 bridgehead atoms. The average Bonchev–Trinajstić information content (AvgIpc) is 2.66. The Morgan fingerprint density at radius 3 is 1.30 bits per heavy atom. The van der Waals surface area contributed by atoms with Crippen LogP contribution < -0.4 is 0 Å². The fourth-order valence-electron chi connectivity index (χ4n) is 3.75. The lowest BCUT2D eigenvalue weighted by Crippen LogP contribution is -2.47. The fourth-order valence-corrected chi connectivity index (χ4v) is 3.75. The summed E-state index contributed by atoms with van der Waals surface area (Å²) in [6.45, 7) is 0. The molecule has 10 nitrogen and oxygen atoms in total. The van der Waals surface area contributed by atoms with E-state index < -0.39 is 59.1 Å². The molecule has 2 rings (SSSR count). The highest BCUT2D eigenvalue weighted by Crippen LogP contribution is 2.51. The lowest BCUT2D eigenvalue weighted by atomic mass is 9.61. The van der Waals surface area contributed by atoms with E-state index in [9.17, 15) is 29.4 Å². The van der Waals surface area contributed by atoms with Gasteiger partial charge in [-0.1, -0.05) is 0 Å². The zero-order valence-corrected chi connectivity index (χ0v) is 15.2. The molecule has 0 aromatic carbocycles. The van der Waals surface area contributed by atoms with Gasteiger partial charge in [-0.3, -0.25) is 9.59 Å². The van der Waals surface area contributed by atoms with Gasteiger partial charge in [0.05, 0.1) is 39.6 Å². The van der Waals surface area contributed by atoms with Crippen molar-refractivity contribution in [3.63, 3.8) is 0 Å². The van der Waals surface area contributed by atoms with Gasteiger partial charge in [0.1, 0.15) is 23.4 Å². The molecule has 0 spiro atoms. The summed E-state index contributed by atoms with van der Waals surface area (Å²) in [6, 6.07) is 0. The standard InChI is InChI=1S/C17H20O10/c1-24-14(20)8-6-5-7(10(12(8)18)16(22)26-3)11(17(23)27-4)13(19)9(6)15(21)25-2/h6-8,11,18-19H,5H2,1-4H3. The van der Waals surface area contributed by atoms with Gasteiger partial charge in [0.25, 0.3) is 0 Å². The number of rotatable bonds is 4. The zero-order chi connectivity index (χ0) is 20.5. The quantitative estimate of drug-likeness (QED) is 0.508. The Balaban J connectivity index is 2.78. The Hall–Kier alpha value is -3.04. The van der Waals surface area contributed by atoms with Gasteiger partial charge < -0.3 is 29.2 Å². The highest BCUT2D eigenvalue weighted by Gasteiger charge is 2.56. The van der Waals surface area contributed by atoms with Gasteiger partial charge in [0.15, 0.2) is 0 Å². The second kappa shape index (κ2) is 7.68. The van der Waals surface area contributed by atoms with Crippen molar-refractivity contribution in [3.8, 4) is 0 Å². The number of carbonyl (C=O) groups excluding carboxylic acids is 4. The maximum absolute atomic E-state index is 12.3. The molecule has 0 fully saturated rings. The van der Waals surface area contributed by atoms with E-state index in [4.69, 9.17) is 0 Å². The van der Waals surface area contributed by atoms with Crippen molar-refractivity contribution in [1.82, 2.24) is 0 Å². The molecular weight excluding hydrogens is 364 g/mol. The summed E-state index contributed by atoms with van der Waals surface area (Å²) < 4.78 is 18.7. The Morgan fingerprint density at radius 1 is 0.704 bits per heavy atom. The third-order valence-corrected chi connectivity index (χ3v) is 4.92. The minimum absolute atomic E-state index is 0.0947. The molecule has 27 heavy (non-hydrogen) atoms. The minimum Gasteiger partial charge on any atom is -0.511 e. The summed E-state index contributed by atoms with van der Waals surface area (Å²) in [7, 11) is 4.27. The Kier molecular flexibility index (Phi) is 5.77. The summed E-state index contributed by atoms with van der Waals surface area (Å²) in [5.41, 5.74) is -0.704. The number of methoxy groups -OCH3 is 4. The second-order valence-electron chi connectivity index (χ2n) is 6.03. The molecule has 0 aromatic heterocycles. The first kappa shape index (κ1) is 20.3. The molecule has 0 aliphatic heterocycles. The van der Waals surface area contributed by atoms with Crippen molar-refractivity contribution in [3.05, 3.63) is 22.7 Å². The van der Waals surface area contributed by atoms with E-state index in [0.717, 1.165) is 28.4 Å². The number of esters is 4. The first-order chi connectivity index (χ1) is 12.7. The predicted molar refractivity (Wildman–Crippen MR) is 86.0 cm³/mol. The number of aliphatic hydroxyl groups excluding tert-OH is 2. The average molecular weight is 384 g/mol. The molecule has 10 heteroatoms. The molecule has 0 radical (unpaired) electrons. The summed E-state index contributed by atoms with van der Waals surface area (Å²) in [5.74, 6) is -10.2. The van der Waals surface area contributed by atoms with E-state index in [1.54, 1.807) is 0 Å². The molecule has 2 aliphatic carbocycles. The monoisotopic (exact) mass is 384 g/mol. The summed E-state index contributed by atoms with van der Waals surface area (Å²) >= 11 is 0. The number of fused-ring (bicyclic) bond motifs is 2. The Morgan fingerprint density at radius 2 is 1.04 bits per heavy atom. The van der Waals surface area contributed by atoms with E-state index in [2.05, 4.69) is 18.9 Å². The number of hydrogen-bond donors (Lipinski definition) is 2. The van der Waals surface area contributed by atoms with Crippen LogP contribution in [0.2, 0.25) is 0 Å². The van der Waals surface area contributed by atoms with Crippen LogP contribution in [0.3, 0.4) is 0 Å². The molecule has 0 amide bonds. The van der Waals surface area contributed by atoms with E-state index in [1.807, 2.05) is 0 Å². The largest absolute Gasteiger partial charge is 0.511 e. The fraction of sp³-hybridized carbons (Fsp3) is 0.529. The highest BCUT2D eigenvalue weighted by atomic mass is 16.5.